The van der Waals surface area contributed by atoms with Gasteiger partial charge in [-0.1, -0.05) is 0 Å². The van der Waals surface area contributed by atoms with Crippen molar-refractivity contribution in [2.75, 3.05) is 19.7 Å². The monoisotopic (exact) mass is 390 g/mol. The topological polar surface area (TPSA) is 47.6 Å². The third-order valence-electron chi connectivity index (χ3n) is 6.82. The van der Waals surface area contributed by atoms with Crippen LogP contribution in [-0.2, 0) is 4.74 Å². The number of halogens is 1. The van der Waals surface area contributed by atoms with Crippen LogP contribution in [-0.4, -0.2) is 40.8 Å². The summed E-state index contributed by atoms with van der Waals surface area (Å²) in [6, 6.07) is 3.33. The first-order valence-corrected chi connectivity index (χ1v) is 10.6. The number of hydrogen-bond donors (Lipinski definition) is 0. The number of fused-ring (bicyclic) bond motifs is 1. The van der Waals surface area contributed by atoms with E-state index in [0.717, 1.165) is 63.8 Å². The molecule has 154 valence electrons. The fourth-order valence-corrected chi connectivity index (χ4v) is 5.17. The van der Waals surface area contributed by atoms with Crippen molar-refractivity contribution >= 4 is 11.1 Å². The molecule has 1 saturated carbocycles. The lowest BCUT2D eigenvalue weighted by Gasteiger charge is -2.48. The zero-order chi connectivity index (χ0) is 19.9. The summed E-state index contributed by atoms with van der Waals surface area (Å²) in [5, 5.41) is 0. The maximum atomic E-state index is 14.2. The summed E-state index contributed by atoms with van der Waals surface area (Å²) in [7, 11) is 0. The molecule has 1 aromatic heterocycles. The number of benzene rings is 1. The Bertz CT molecular complexity index is 887. The number of oxazole rings is 1. The van der Waals surface area contributed by atoms with E-state index >= 15 is 0 Å². The number of aromatic nitrogens is 1. The average Bonchev–Trinajstić information content (AvgIpc) is 3.00. The van der Waals surface area contributed by atoms with E-state index < -0.39 is 11.6 Å². The Morgan fingerprint density at radius 2 is 1.89 bits per heavy atom. The molecule has 0 spiro atoms. The van der Waals surface area contributed by atoms with Gasteiger partial charge in [0.05, 0.1) is 11.6 Å². The second-order valence-electron chi connectivity index (χ2n) is 8.70. The summed E-state index contributed by atoms with van der Waals surface area (Å²) < 4.78 is 26.9. The summed E-state index contributed by atoms with van der Waals surface area (Å²) in [5.74, 6) is -0.900. The molecule has 0 amide bonds. The Hall–Kier alpha value is -1.66. The molecule has 0 radical (unpaired) electrons. The largest absolute Gasteiger partial charge is 0.420 e. The van der Waals surface area contributed by atoms with Gasteiger partial charge in [-0.3, -0.25) is 9.47 Å². The quantitative estimate of drug-likeness (QED) is 0.776. The molecule has 6 heteroatoms. The Morgan fingerprint density at radius 1 is 1.21 bits per heavy atom. The van der Waals surface area contributed by atoms with Gasteiger partial charge in [0, 0.05) is 31.3 Å². The second-order valence-corrected chi connectivity index (χ2v) is 8.70. The highest BCUT2D eigenvalue weighted by atomic mass is 19.1. The van der Waals surface area contributed by atoms with Gasteiger partial charge in [-0.05, 0) is 77.0 Å². The number of aryl methyl sites for hydroxylation is 1. The summed E-state index contributed by atoms with van der Waals surface area (Å²) in [4.78, 5) is 15.0. The molecule has 1 saturated heterocycles. The van der Waals surface area contributed by atoms with E-state index in [2.05, 4.69) is 18.7 Å². The fourth-order valence-electron chi connectivity index (χ4n) is 5.17. The van der Waals surface area contributed by atoms with Crippen LogP contribution in [0.2, 0.25) is 0 Å². The van der Waals surface area contributed by atoms with E-state index in [-0.39, 0.29) is 17.2 Å². The summed E-state index contributed by atoms with van der Waals surface area (Å²) in [6.45, 7) is 8.97. The molecule has 0 unspecified atom stereocenters. The van der Waals surface area contributed by atoms with Crippen molar-refractivity contribution < 1.29 is 13.5 Å². The van der Waals surface area contributed by atoms with Crippen LogP contribution < -0.4 is 5.76 Å². The Labute approximate surface area is 165 Å². The minimum atomic E-state index is -0.457. The van der Waals surface area contributed by atoms with Gasteiger partial charge >= 0.3 is 5.76 Å². The maximum absolute atomic E-state index is 14.2. The number of nitrogens with zero attached hydrogens (tertiary/aromatic N) is 2. The average molecular weight is 390 g/mol. The first kappa shape index (κ1) is 19.6. The molecule has 0 bridgehead atoms. The van der Waals surface area contributed by atoms with E-state index in [1.165, 1.54) is 6.07 Å². The number of ether oxygens (including phenoxy) is 1. The first-order chi connectivity index (χ1) is 13.4. The van der Waals surface area contributed by atoms with Crippen LogP contribution in [0.5, 0.6) is 0 Å². The molecule has 0 N–H and O–H groups in total. The van der Waals surface area contributed by atoms with Crippen LogP contribution in [0.15, 0.2) is 21.3 Å². The molecule has 2 aliphatic rings. The molecule has 1 aromatic carbocycles. The predicted molar refractivity (Wildman–Crippen MR) is 107 cm³/mol. The minimum absolute atomic E-state index is 0.0644. The number of piperidine rings is 1. The molecule has 2 heterocycles. The molecule has 2 fully saturated rings. The van der Waals surface area contributed by atoms with Crippen LogP contribution in [0.4, 0.5) is 4.39 Å². The number of likely N-dealkylation sites (tertiary alicyclic amines) is 1. The molecule has 4 rings (SSSR count). The molecule has 5 nitrogen and oxygen atoms in total. The highest BCUT2D eigenvalue weighted by molar-refractivity contribution is 5.74. The van der Waals surface area contributed by atoms with Crippen LogP contribution >= 0.6 is 0 Å². The van der Waals surface area contributed by atoms with E-state index in [4.69, 9.17) is 9.15 Å². The van der Waals surface area contributed by atoms with Gasteiger partial charge in [-0.2, -0.15) is 0 Å². The fraction of sp³-hybridized carbons (Fsp3) is 0.682. The Morgan fingerprint density at radius 3 is 2.54 bits per heavy atom. The summed E-state index contributed by atoms with van der Waals surface area (Å²) in [5.41, 5.74) is 1.68. The Kier molecular flexibility index (Phi) is 5.36. The van der Waals surface area contributed by atoms with Gasteiger partial charge in [0.1, 0.15) is 0 Å². The van der Waals surface area contributed by atoms with Crippen molar-refractivity contribution in [2.45, 2.75) is 77.0 Å². The van der Waals surface area contributed by atoms with E-state index in [0.29, 0.717) is 11.6 Å². The SMILES string of the molecule is CCO[C@H]1CC[C@](C)(N2CCC(n3c(=O)oc4c(F)cc(C)cc43)CC2)CC1. The zero-order valence-electron chi connectivity index (χ0n) is 17.2. The lowest BCUT2D eigenvalue weighted by atomic mass is 9.79. The number of rotatable bonds is 4. The summed E-state index contributed by atoms with van der Waals surface area (Å²) >= 11 is 0. The van der Waals surface area contributed by atoms with Crippen molar-refractivity contribution in [3.8, 4) is 0 Å². The Balaban J connectivity index is 1.47. The lowest BCUT2D eigenvalue weighted by molar-refractivity contribution is -0.0274. The first-order valence-electron chi connectivity index (χ1n) is 10.6. The highest BCUT2D eigenvalue weighted by Crippen LogP contribution is 2.38. The number of hydrogen-bond acceptors (Lipinski definition) is 4. The van der Waals surface area contributed by atoms with Gasteiger partial charge < -0.3 is 9.15 Å². The third-order valence-corrected chi connectivity index (χ3v) is 6.82. The predicted octanol–water partition coefficient (Wildman–Crippen LogP) is 4.42. The zero-order valence-corrected chi connectivity index (χ0v) is 17.2. The lowest BCUT2D eigenvalue weighted by Crippen LogP contribution is -2.52. The van der Waals surface area contributed by atoms with Crippen LogP contribution in [0.25, 0.3) is 11.1 Å². The normalized spacial score (nSPS) is 27.5. The van der Waals surface area contributed by atoms with Crippen LogP contribution in [0.3, 0.4) is 0 Å². The van der Waals surface area contributed by atoms with E-state index in [9.17, 15) is 9.18 Å². The van der Waals surface area contributed by atoms with Crippen LogP contribution in [0, 0.1) is 12.7 Å². The molecule has 2 aromatic rings. The van der Waals surface area contributed by atoms with E-state index in [1.807, 2.05) is 13.0 Å². The molecule has 28 heavy (non-hydrogen) atoms. The van der Waals surface area contributed by atoms with Gasteiger partial charge in [0.25, 0.3) is 0 Å². The van der Waals surface area contributed by atoms with Gasteiger partial charge in [0.15, 0.2) is 11.4 Å². The summed E-state index contributed by atoms with van der Waals surface area (Å²) in [6.07, 6.45) is 6.72. The van der Waals surface area contributed by atoms with Crippen LogP contribution in [0.1, 0.15) is 64.0 Å². The smallest absolute Gasteiger partial charge is 0.405 e. The van der Waals surface area contributed by atoms with Gasteiger partial charge in [0.2, 0.25) is 0 Å². The molecular formula is C22H31FN2O3. The molecule has 1 aliphatic heterocycles. The third kappa shape index (κ3) is 3.52. The van der Waals surface area contributed by atoms with Crippen molar-refractivity contribution in [1.29, 1.82) is 0 Å². The highest BCUT2D eigenvalue weighted by Gasteiger charge is 2.38. The van der Waals surface area contributed by atoms with Crippen molar-refractivity contribution in [2.24, 2.45) is 0 Å². The second kappa shape index (κ2) is 7.64. The van der Waals surface area contributed by atoms with Crippen molar-refractivity contribution in [3.63, 3.8) is 0 Å². The van der Waals surface area contributed by atoms with Gasteiger partial charge in [-0.15, -0.1) is 0 Å². The molecular weight excluding hydrogens is 359 g/mol. The van der Waals surface area contributed by atoms with Crippen molar-refractivity contribution in [3.05, 3.63) is 34.1 Å². The standard InChI is InChI=1S/C22H31FN2O3/c1-4-27-17-5-9-22(3,10-6-17)24-11-7-16(8-12-24)25-19-14-15(2)13-18(23)20(19)28-21(25)26/h13-14,16-17H,4-12H2,1-3H3/t17-,22-. The molecule has 0 atom stereocenters. The maximum Gasteiger partial charge on any atom is 0.420 e. The van der Waals surface area contributed by atoms with Gasteiger partial charge in [-0.25, -0.2) is 9.18 Å². The van der Waals surface area contributed by atoms with E-state index in [1.54, 1.807) is 4.57 Å². The molecule has 1 aliphatic carbocycles. The minimum Gasteiger partial charge on any atom is -0.405 e. The van der Waals surface area contributed by atoms with Crippen molar-refractivity contribution in [1.82, 2.24) is 9.47 Å².